The zero-order chi connectivity index (χ0) is 19.4. The van der Waals surface area contributed by atoms with Crippen LogP contribution in [0.15, 0.2) is 18.2 Å². The largest absolute Gasteiger partial charge is 0.480 e. The number of aliphatic carboxylic acids is 1. The average Bonchev–Trinajstić information content (AvgIpc) is 2.62. The predicted molar refractivity (Wildman–Crippen MR) is 98.3 cm³/mol. The molecule has 6 nitrogen and oxygen atoms in total. The van der Waals surface area contributed by atoms with Crippen LogP contribution in [-0.2, 0) is 16.0 Å². The molecule has 1 aromatic carbocycles. The maximum absolute atomic E-state index is 11.9. The minimum atomic E-state index is -1.12. The summed E-state index contributed by atoms with van der Waals surface area (Å²) in [5, 5.41) is 9.01. The van der Waals surface area contributed by atoms with Gasteiger partial charge in [-0.2, -0.15) is 0 Å². The van der Waals surface area contributed by atoms with E-state index in [1.807, 2.05) is 6.92 Å². The van der Waals surface area contributed by atoms with E-state index in [9.17, 15) is 9.59 Å². The van der Waals surface area contributed by atoms with Gasteiger partial charge in [-0.1, -0.05) is 30.1 Å². The smallest absolute Gasteiger partial charge is 0.341 e. The van der Waals surface area contributed by atoms with Gasteiger partial charge in [0.05, 0.1) is 29.1 Å². The highest BCUT2D eigenvalue weighted by molar-refractivity contribution is 6.44. The Bertz CT molecular complexity index is 867. The molecule has 138 valence electrons. The summed E-state index contributed by atoms with van der Waals surface area (Å²) in [7, 11) is 1.31. The molecule has 0 unspecified atom stereocenters. The molecule has 0 spiro atoms. The molecular formula is C18H17Cl2NO5. The van der Waals surface area contributed by atoms with Crippen molar-refractivity contribution in [2.75, 3.05) is 13.7 Å². The second kappa shape index (κ2) is 8.38. The number of ether oxygens (including phenoxy) is 2. The summed E-state index contributed by atoms with van der Waals surface area (Å²) >= 11 is 12.6. The lowest BCUT2D eigenvalue weighted by molar-refractivity contribution is -0.139. The van der Waals surface area contributed by atoms with Crippen molar-refractivity contribution in [3.63, 3.8) is 0 Å². The van der Waals surface area contributed by atoms with Crippen molar-refractivity contribution < 1.29 is 24.2 Å². The van der Waals surface area contributed by atoms with Crippen molar-refractivity contribution in [1.82, 2.24) is 4.98 Å². The van der Waals surface area contributed by atoms with Crippen LogP contribution in [0.1, 0.15) is 28.5 Å². The molecule has 26 heavy (non-hydrogen) atoms. The van der Waals surface area contributed by atoms with Crippen molar-refractivity contribution >= 4 is 35.1 Å². The summed E-state index contributed by atoms with van der Waals surface area (Å²) < 4.78 is 9.89. The van der Waals surface area contributed by atoms with Crippen molar-refractivity contribution in [1.29, 1.82) is 0 Å². The molecular weight excluding hydrogens is 381 g/mol. The minimum Gasteiger partial charge on any atom is -0.480 e. The van der Waals surface area contributed by atoms with Crippen molar-refractivity contribution in [2.24, 2.45) is 0 Å². The zero-order valence-electron chi connectivity index (χ0n) is 14.4. The molecule has 2 rings (SSSR count). The van der Waals surface area contributed by atoms with Crippen LogP contribution in [0.5, 0.6) is 5.75 Å². The predicted octanol–water partition coefficient (Wildman–Crippen LogP) is 4.18. The molecule has 0 bridgehead atoms. The van der Waals surface area contributed by atoms with Crippen LogP contribution in [0.4, 0.5) is 0 Å². The van der Waals surface area contributed by atoms with Crippen LogP contribution in [0.25, 0.3) is 11.3 Å². The summed E-state index contributed by atoms with van der Waals surface area (Å²) in [5.41, 5.74) is 2.84. The Kier molecular flexibility index (Phi) is 6.45. The van der Waals surface area contributed by atoms with Crippen LogP contribution in [0.2, 0.25) is 10.0 Å². The first kappa shape index (κ1) is 20.0. The topological polar surface area (TPSA) is 85.7 Å². The average molecular weight is 398 g/mol. The van der Waals surface area contributed by atoms with Gasteiger partial charge in [0.2, 0.25) is 0 Å². The molecule has 0 saturated carbocycles. The van der Waals surface area contributed by atoms with Gasteiger partial charge in [0, 0.05) is 5.56 Å². The number of hydrogen-bond donors (Lipinski definition) is 1. The van der Waals surface area contributed by atoms with Crippen molar-refractivity contribution in [3.8, 4) is 17.0 Å². The molecule has 0 aliphatic carbocycles. The van der Waals surface area contributed by atoms with Crippen LogP contribution in [0.3, 0.4) is 0 Å². The third kappa shape index (κ3) is 4.08. The number of rotatable bonds is 6. The van der Waals surface area contributed by atoms with Gasteiger partial charge < -0.3 is 14.6 Å². The molecule has 0 aliphatic heterocycles. The molecule has 1 N–H and O–H groups in total. The number of pyridine rings is 1. The number of carboxylic acids is 1. The molecule has 1 heterocycles. The first-order valence-electron chi connectivity index (χ1n) is 7.71. The van der Waals surface area contributed by atoms with Gasteiger partial charge in [-0.15, -0.1) is 0 Å². The minimum absolute atomic E-state index is 0.101. The molecule has 0 fully saturated rings. The van der Waals surface area contributed by atoms with Crippen molar-refractivity contribution in [3.05, 3.63) is 45.1 Å². The summed E-state index contributed by atoms with van der Waals surface area (Å²) in [5.74, 6) is -1.41. The lowest BCUT2D eigenvalue weighted by Crippen LogP contribution is -2.10. The van der Waals surface area contributed by atoms with Crippen LogP contribution < -0.4 is 4.74 Å². The van der Waals surface area contributed by atoms with Crippen LogP contribution in [-0.4, -0.2) is 35.7 Å². The Balaban J connectivity index is 2.54. The lowest BCUT2D eigenvalue weighted by atomic mass is 10.0. The number of carbonyl (C=O) groups excluding carboxylic acids is 1. The quantitative estimate of drug-likeness (QED) is 0.735. The van der Waals surface area contributed by atoms with E-state index in [1.165, 1.54) is 13.2 Å². The summed E-state index contributed by atoms with van der Waals surface area (Å²) in [4.78, 5) is 27.0. The maximum atomic E-state index is 11.9. The Morgan fingerprint density at radius 2 is 1.92 bits per heavy atom. The standard InChI is InChI=1S/C18H17Cl2NO5/c1-4-10-7-12(18(24)25-3)9(2)21-17(10)11-5-6-13(16(20)15(11)19)26-8-14(22)23/h5-7H,4,8H2,1-3H3,(H,22,23). The first-order valence-corrected chi connectivity index (χ1v) is 8.47. The molecule has 2 aromatic rings. The number of aryl methyl sites for hydroxylation is 2. The normalized spacial score (nSPS) is 10.5. The third-order valence-corrected chi connectivity index (χ3v) is 4.60. The highest BCUT2D eigenvalue weighted by Gasteiger charge is 2.20. The fourth-order valence-corrected chi connectivity index (χ4v) is 2.90. The van der Waals surface area contributed by atoms with Gasteiger partial charge >= 0.3 is 11.9 Å². The molecule has 0 saturated heterocycles. The summed E-state index contributed by atoms with van der Waals surface area (Å²) in [6.45, 7) is 3.10. The number of methoxy groups -OCH3 is 1. The van der Waals surface area contributed by atoms with E-state index in [0.717, 1.165) is 5.56 Å². The van der Waals surface area contributed by atoms with E-state index < -0.39 is 18.5 Å². The van der Waals surface area contributed by atoms with Gasteiger partial charge in [0.15, 0.2) is 6.61 Å². The van der Waals surface area contributed by atoms with E-state index >= 15 is 0 Å². The molecule has 0 aliphatic rings. The monoisotopic (exact) mass is 397 g/mol. The van der Waals surface area contributed by atoms with Gasteiger partial charge in [0.1, 0.15) is 10.8 Å². The van der Waals surface area contributed by atoms with Crippen LogP contribution in [0, 0.1) is 6.92 Å². The number of carboxylic acid groups (broad SMARTS) is 1. The second-order valence-corrected chi connectivity index (χ2v) is 6.15. The SMILES string of the molecule is CCc1cc(C(=O)OC)c(C)nc1-c1ccc(OCC(=O)O)c(Cl)c1Cl. The number of halogens is 2. The fourth-order valence-electron chi connectivity index (χ4n) is 2.43. The summed E-state index contributed by atoms with van der Waals surface area (Å²) in [6, 6.07) is 4.92. The number of aromatic nitrogens is 1. The molecule has 1 aromatic heterocycles. The number of benzene rings is 1. The van der Waals surface area contributed by atoms with Gasteiger partial charge in [-0.05, 0) is 37.1 Å². The number of carbonyl (C=O) groups is 2. The number of nitrogens with zero attached hydrogens (tertiary/aromatic N) is 1. The second-order valence-electron chi connectivity index (χ2n) is 5.40. The van der Waals surface area contributed by atoms with Gasteiger partial charge in [-0.25, -0.2) is 9.59 Å². The van der Waals surface area contributed by atoms with E-state index in [4.69, 9.17) is 37.8 Å². The number of hydrogen-bond acceptors (Lipinski definition) is 5. The molecule has 0 amide bonds. The maximum Gasteiger partial charge on any atom is 0.341 e. The Hall–Kier alpha value is -2.31. The summed E-state index contributed by atoms with van der Waals surface area (Å²) in [6.07, 6.45) is 0.609. The van der Waals surface area contributed by atoms with E-state index in [-0.39, 0.29) is 15.8 Å². The van der Waals surface area contributed by atoms with E-state index in [2.05, 4.69) is 4.98 Å². The first-order chi connectivity index (χ1) is 12.3. The molecule has 0 atom stereocenters. The Labute approximate surface area is 160 Å². The van der Waals surface area contributed by atoms with E-state index in [0.29, 0.717) is 28.9 Å². The Morgan fingerprint density at radius 1 is 1.23 bits per heavy atom. The van der Waals surface area contributed by atoms with Gasteiger partial charge in [0.25, 0.3) is 0 Å². The third-order valence-electron chi connectivity index (χ3n) is 3.73. The van der Waals surface area contributed by atoms with Crippen molar-refractivity contribution in [2.45, 2.75) is 20.3 Å². The zero-order valence-corrected chi connectivity index (χ0v) is 15.9. The number of esters is 1. The highest BCUT2D eigenvalue weighted by Crippen LogP contribution is 2.40. The van der Waals surface area contributed by atoms with Crippen LogP contribution >= 0.6 is 23.2 Å². The highest BCUT2D eigenvalue weighted by atomic mass is 35.5. The van der Waals surface area contributed by atoms with Gasteiger partial charge in [-0.3, -0.25) is 4.98 Å². The van der Waals surface area contributed by atoms with E-state index in [1.54, 1.807) is 19.1 Å². The lowest BCUT2D eigenvalue weighted by Gasteiger charge is -2.15. The molecule has 8 heteroatoms. The fraction of sp³-hybridized carbons (Fsp3) is 0.278. The molecule has 0 radical (unpaired) electrons. The Morgan fingerprint density at radius 3 is 2.50 bits per heavy atom.